The molecule has 3 rings (SSSR count). The van der Waals surface area contributed by atoms with Gasteiger partial charge >= 0.3 is 0 Å². The van der Waals surface area contributed by atoms with Crippen LogP contribution >= 0.6 is 0 Å². The zero-order valence-electron chi connectivity index (χ0n) is 14.0. The Morgan fingerprint density at radius 1 is 1.04 bits per heavy atom. The second kappa shape index (κ2) is 5.53. The first-order valence-corrected chi connectivity index (χ1v) is 7.87. The van der Waals surface area contributed by atoms with Crippen molar-refractivity contribution < 1.29 is 15.1 Å². The van der Waals surface area contributed by atoms with E-state index in [0.717, 1.165) is 10.3 Å². The largest absolute Gasteiger partial charge is 0.379 e. The summed E-state index contributed by atoms with van der Waals surface area (Å²) in [5.41, 5.74) is -0.0855. The third kappa shape index (κ3) is 2.01. The second-order valence-corrected chi connectivity index (χ2v) is 6.75. The van der Waals surface area contributed by atoms with Crippen molar-refractivity contribution in [2.24, 2.45) is 5.18 Å². The number of aryl methyl sites for hydroxylation is 1. The van der Waals surface area contributed by atoms with Crippen LogP contribution in [-0.2, 0) is 5.54 Å². The summed E-state index contributed by atoms with van der Waals surface area (Å²) in [4.78, 5) is 12.0. The lowest BCUT2D eigenvalue weighted by Gasteiger charge is -2.31. The number of aliphatic hydroxyl groups is 1. The van der Waals surface area contributed by atoms with Crippen LogP contribution in [-0.4, -0.2) is 32.4 Å². The molecule has 124 valence electrons. The van der Waals surface area contributed by atoms with Gasteiger partial charge in [-0.05, 0) is 34.5 Å². The molecule has 2 unspecified atom stereocenters. The lowest BCUT2D eigenvalue weighted by atomic mass is 9.72. The molecule has 0 fully saturated rings. The van der Waals surface area contributed by atoms with Crippen LogP contribution in [0.4, 0.5) is 0 Å². The Balaban J connectivity index is 2.23. The Kier molecular flexibility index (Phi) is 3.76. The highest BCUT2D eigenvalue weighted by atomic mass is 16.5. The fourth-order valence-corrected chi connectivity index (χ4v) is 3.53. The van der Waals surface area contributed by atoms with Gasteiger partial charge in [0.05, 0.1) is 0 Å². The highest BCUT2D eigenvalue weighted by molar-refractivity contribution is 6.02. The molecule has 2 atom stereocenters. The molecule has 2 aromatic carbocycles. The van der Waals surface area contributed by atoms with Crippen LogP contribution in [0.15, 0.2) is 59.8 Å². The van der Waals surface area contributed by atoms with Crippen molar-refractivity contribution in [1.29, 1.82) is 0 Å². The van der Waals surface area contributed by atoms with Gasteiger partial charge in [0.1, 0.15) is 0 Å². The maximum absolute atomic E-state index is 12.0. The summed E-state index contributed by atoms with van der Waals surface area (Å²) in [5, 5.41) is 25.2. The minimum Gasteiger partial charge on any atom is -0.379 e. The van der Waals surface area contributed by atoms with Crippen molar-refractivity contribution in [1.82, 2.24) is 0 Å². The van der Waals surface area contributed by atoms with Crippen molar-refractivity contribution in [3.05, 3.63) is 76.2 Å². The molecule has 5 heteroatoms. The van der Waals surface area contributed by atoms with E-state index in [1.807, 2.05) is 37.3 Å². The molecule has 0 radical (unpaired) electrons. The number of nitrogens with zero attached hydrogens (tertiary/aromatic N) is 2. The summed E-state index contributed by atoms with van der Waals surface area (Å²) < 4.78 is 0.980. The highest BCUT2D eigenvalue weighted by Gasteiger charge is 2.71. The Morgan fingerprint density at radius 3 is 2.17 bits per heavy atom. The van der Waals surface area contributed by atoms with Crippen LogP contribution < -0.4 is 0 Å². The number of aliphatic hydroxyl groups excluding tert-OH is 1. The van der Waals surface area contributed by atoms with E-state index in [1.54, 1.807) is 38.1 Å². The number of hydrogen-bond acceptors (Lipinski definition) is 4. The lowest BCUT2D eigenvalue weighted by Crippen LogP contribution is -2.53. The van der Waals surface area contributed by atoms with Gasteiger partial charge in [0.2, 0.25) is 11.1 Å². The molecule has 1 aliphatic heterocycles. The summed E-state index contributed by atoms with van der Waals surface area (Å²) in [6.07, 6.45) is -1.26. The zero-order chi connectivity index (χ0) is 17.5. The third-order valence-electron chi connectivity index (χ3n) is 5.05. The summed E-state index contributed by atoms with van der Waals surface area (Å²) >= 11 is 0. The molecule has 0 spiro atoms. The lowest BCUT2D eigenvalue weighted by molar-refractivity contribution is -0.821. The van der Waals surface area contributed by atoms with E-state index in [0.29, 0.717) is 11.1 Å². The standard InChI is InChI=1S/C19H21N2O3/c1-13-9-11-15(12-10-13)19(20-23)17(22)16(21(24)18(19,2)3)14-7-5-4-6-8-14/h4-12,17,22,24H,1-3H3/q+1. The Hall–Kier alpha value is -2.53. The number of rotatable bonds is 3. The summed E-state index contributed by atoms with van der Waals surface area (Å²) in [6, 6.07) is 16.4. The van der Waals surface area contributed by atoms with Crippen molar-refractivity contribution >= 4 is 5.71 Å². The first-order valence-electron chi connectivity index (χ1n) is 7.87. The molecular weight excluding hydrogens is 304 g/mol. The monoisotopic (exact) mass is 325 g/mol. The molecule has 0 saturated carbocycles. The molecule has 0 aromatic heterocycles. The summed E-state index contributed by atoms with van der Waals surface area (Å²) in [6.45, 7) is 5.35. The van der Waals surface area contributed by atoms with Gasteiger partial charge in [-0.2, -0.15) is 0 Å². The minimum absolute atomic E-state index is 0.278. The average Bonchev–Trinajstić information content (AvgIpc) is 2.73. The van der Waals surface area contributed by atoms with Gasteiger partial charge in [0.15, 0.2) is 6.10 Å². The van der Waals surface area contributed by atoms with Crippen molar-refractivity contribution in [3.8, 4) is 0 Å². The molecule has 1 aliphatic rings. The number of hydrogen-bond donors (Lipinski definition) is 2. The van der Waals surface area contributed by atoms with E-state index in [1.165, 1.54) is 0 Å². The van der Waals surface area contributed by atoms with Crippen molar-refractivity contribution in [3.63, 3.8) is 0 Å². The maximum Gasteiger partial charge on any atom is 0.266 e. The Morgan fingerprint density at radius 2 is 1.62 bits per heavy atom. The smallest absolute Gasteiger partial charge is 0.266 e. The second-order valence-electron chi connectivity index (χ2n) is 6.75. The minimum atomic E-state index is -1.51. The average molecular weight is 325 g/mol. The fraction of sp³-hybridized carbons (Fsp3) is 0.316. The van der Waals surface area contributed by atoms with Gasteiger partial charge < -0.3 is 5.11 Å². The predicted octanol–water partition coefficient (Wildman–Crippen LogP) is 3.00. The molecule has 1 heterocycles. The first kappa shape index (κ1) is 16.3. The van der Waals surface area contributed by atoms with E-state index in [4.69, 9.17) is 0 Å². The van der Waals surface area contributed by atoms with Crippen molar-refractivity contribution in [2.45, 2.75) is 38.0 Å². The number of benzene rings is 2. The quantitative estimate of drug-likeness (QED) is 0.517. The van der Waals surface area contributed by atoms with Gasteiger partial charge in [-0.3, -0.25) is 5.21 Å². The zero-order valence-corrected chi connectivity index (χ0v) is 14.0. The normalized spacial score (nSPS) is 25.8. The van der Waals surface area contributed by atoms with Gasteiger partial charge in [-0.15, -0.1) is 4.91 Å². The van der Waals surface area contributed by atoms with Crippen LogP contribution in [0.5, 0.6) is 0 Å². The van der Waals surface area contributed by atoms with Gasteiger partial charge in [-0.1, -0.05) is 48.0 Å². The predicted molar refractivity (Wildman–Crippen MR) is 91.3 cm³/mol. The van der Waals surface area contributed by atoms with E-state index in [-0.39, 0.29) is 5.71 Å². The maximum atomic E-state index is 12.0. The van der Waals surface area contributed by atoms with Crippen LogP contribution in [0.3, 0.4) is 0 Å². The SMILES string of the molecule is Cc1ccc(C2(N=O)C(O)C(c3ccccc3)=[N+](O)C2(C)C)cc1. The van der Waals surface area contributed by atoms with Crippen LogP contribution in [0.2, 0.25) is 0 Å². The molecule has 5 nitrogen and oxygen atoms in total. The molecule has 0 bridgehead atoms. The molecule has 2 N–H and O–H groups in total. The molecule has 0 saturated heterocycles. The number of nitroso groups, excluding NO2 is 1. The van der Waals surface area contributed by atoms with Gasteiger partial charge in [0.25, 0.3) is 5.71 Å². The van der Waals surface area contributed by atoms with E-state index in [2.05, 4.69) is 5.18 Å². The van der Waals surface area contributed by atoms with E-state index >= 15 is 0 Å². The van der Waals surface area contributed by atoms with E-state index < -0.39 is 17.2 Å². The molecule has 2 aromatic rings. The van der Waals surface area contributed by atoms with Crippen LogP contribution in [0.25, 0.3) is 0 Å². The Labute approximate surface area is 140 Å². The van der Waals surface area contributed by atoms with E-state index in [9.17, 15) is 15.2 Å². The fourth-order valence-electron chi connectivity index (χ4n) is 3.53. The Bertz CT molecular complexity index is 797. The number of hydroxylamine groups is 1. The summed E-state index contributed by atoms with van der Waals surface area (Å²) in [5.74, 6) is 0. The first-order chi connectivity index (χ1) is 11.4. The van der Waals surface area contributed by atoms with Crippen LogP contribution in [0.1, 0.15) is 30.5 Å². The molecule has 0 aliphatic carbocycles. The van der Waals surface area contributed by atoms with Gasteiger partial charge in [0, 0.05) is 19.4 Å². The van der Waals surface area contributed by atoms with Gasteiger partial charge in [-0.25, -0.2) is 0 Å². The molecule has 24 heavy (non-hydrogen) atoms. The molecule has 0 amide bonds. The highest BCUT2D eigenvalue weighted by Crippen LogP contribution is 2.47. The van der Waals surface area contributed by atoms with Crippen LogP contribution in [0, 0.1) is 11.8 Å². The summed E-state index contributed by atoms with van der Waals surface area (Å²) in [7, 11) is 0. The molecular formula is C19H21N2O3+. The topological polar surface area (TPSA) is 72.9 Å². The third-order valence-corrected chi connectivity index (χ3v) is 5.05. The van der Waals surface area contributed by atoms with Crippen molar-refractivity contribution in [2.75, 3.05) is 0 Å².